The average molecular weight is 488 g/mol. The molecule has 1 aromatic carbocycles. The van der Waals surface area contributed by atoms with E-state index < -0.39 is 0 Å². The molecule has 2 heterocycles. The Labute approximate surface area is 182 Å². The molecular formula is C21H25IN6. The van der Waals surface area contributed by atoms with Crippen LogP contribution in [-0.4, -0.2) is 34.1 Å². The first-order valence-corrected chi connectivity index (χ1v) is 9.22. The quantitative estimate of drug-likeness (QED) is 0.318. The maximum atomic E-state index is 4.39. The van der Waals surface area contributed by atoms with Gasteiger partial charge in [-0.25, -0.2) is 9.97 Å². The summed E-state index contributed by atoms with van der Waals surface area (Å²) in [5, 5.41) is 6.89. The predicted octanol–water partition coefficient (Wildman–Crippen LogP) is 3.28. The molecule has 0 radical (unpaired) electrons. The number of aromatic nitrogens is 3. The number of pyridine rings is 1. The van der Waals surface area contributed by atoms with Crippen molar-refractivity contribution in [1.29, 1.82) is 0 Å². The van der Waals surface area contributed by atoms with Gasteiger partial charge in [-0.15, -0.1) is 24.0 Å². The van der Waals surface area contributed by atoms with E-state index in [1.54, 1.807) is 19.6 Å². The zero-order valence-electron chi connectivity index (χ0n) is 15.9. The van der Waals surface area contributed by atoms with Gasteiger partial charge in [-0.1, -0.05) is 30.3 Å². The third-order valence-corrected chi connectivity index (χ3v) is 5.10. The van der Waals surface area contributed by atoms with Crippen molar-refractivity contribution in [3.63, 3.8) is 0 Å². The van der Waals surface area contributed by atoms with Crippen molar-refractivity contribution >= 4 is 29.9 Å². The number of nitrogens with one attached hydrogen (secondary N) is 2. The summed E-state index contributed by atoms with van der Waals surface area (Å²) in [6.07, 6.45) is 9.65. The molecule has 0 bridgehead atoms. The van der Waals surface area contributed by atoms with Crippen molar-refractivity contribution in [2.24, 2.45) is 4.99 Å². The number of halogens is 1. The molecule has 4 rings (SSSR count). The fourth-order valence-electron chi connectivity index (χ4n) is 3.28. The summed E-state index contributed by atoms with van der Waals surface area (Å²) >= 11 is 0. The highest BCUT2D eigenvalue weighted by atomic mass is 127. The van der Waals surface area contributed by atoms with E-state index in [9.17, 15) is 0 Å². The van der Waals surface area contributed by atoms with Crippen LogP contribution in [0.3, 0.4) is 0 Å². The maximum Gasteiger partial charge on any atom is 0.191 e. The molecule has 146 valence electrons. The number of benzene rings is 1. The number of hydrogen-bond acceptors (Lipinski definition) is 3. The highest BCUT2D eigenvalue weighted by Crippen LogP contribution is 2.47. The first kappa shape index (κ1) is 20.3. The lowest BCUT2D eigenvalue weighted by atomic mass is 9.96. The monoisotopic (exact) mass is 488 g/mol. The highest BCUT2D eigenvalue weighted by Gasteiger charge is 2.43. The number of aliphatic imine (C=N–C) groups is 1. The van der Waals surface area contributed by atoms with E-state index in [4.69, 9.17) is 0 Å². The van der Waals surface area contributed by atoms with Crippen LogP contribution in [0.15, 0.2) is 72.4 Å². The zero-order valence-corrected chi connectivity index (χ0v) is 18.2. The van der Waals surface area contributed by atoms with Gasteiger partial charge in [-0.2, -0.15) is 0 Å². The summed E-state index contributed by atoms with van der Waals surface area (Å²) < 4.78 is 1.90. The summed E-state index contributed by atoms with van der Waals surface area (Å²) in [5.74, 6) is 1.67. The Morgan fingerprint density at radius 3 is 2.64 bits per heavy atom. The summed E-state index contributed by atoms with van der Waals surface area (Å²) in [7, 11) is 1.81. The Balaban J connectivity index is 0.00000225. The van der Waals surface area contributed by atoms with Gasteiger partial charge in [0.05, 0.1) is 0 Å². The molecule has 28 heavy (non-hydrogen) atoms. The summed E-state index contributed by atoms with van der Waals surface area (Å²) in [5.41, 5.74) is 2.80. The molecule has 1 fully saturated rings. The van der Waals surface area contributed by atoms with Crippen molar-refractivity contribution in [3.05, 3.63) is 78.5 Å². The lowest BCUT2D eigenvalue weighted by Gasteiger charge is -2.19. The van der Waals surface area contributed by atoms with Crippen LogP contribution in [0.4, 0.5) is 0 Å². The second-order valence-corrected chi connectivity index (χ2v) is 6.92. The molecule has 1 saturated carbocycles. The minimum Gasteiger partial charge on any atom is -0.356 e. The van der Waals surface area contributed by atoms with Crippen LogP contribution in [0, 0.1) is 0 Å². The van der Waals surface area contributed by atoms with Gasteiger partial charge in [-0.3, -0.25) is 9.56 Å². The number of imidazole rings is 1. The standard InChI is InChI=1S/C21H24N6.HI/c1-22-20(26-15-21(8-9-21)18-5-3-2-4-6-18)25-14-17-7-10-24-19(13-17)27-12-11-23-16-27;/h2-7,10-13,16H,8-9,14-15H2,1H3,(H2,22,25,26);1H. The summed E-state index contributed by atoms with van der Waals surface area (Å²) in [6, 6.07) is 14.8. The SMILES string of the molecule is CN=C(NCc1ccnc(-n2ccnc2)c1)NCC1(c2ccccc2)CC1.I. The normalized spacial score (nSPS) is 14.8. The Morgan fingerprint density at radius 1 is 1.14 bits per heavy atom. The number of hydrogen-bond donors (Lipinski definition) is 2. The van der Waals surface area contributed by atoms with E-state index in [-0.39, 0.29) is 29.4 Å². The van der Waals surface area contributed by atoms with E-state index in [0.29, 0.717) is 6.54 Å². The second-order valence-electron chi connectivity index (χ2n) is 6.92. The number of rotatable bonds is 6. The van der Waals surface area contributed by atoms with Crippen LogP contribution in [-0.2, 0) is 12.0 Å². The Hall–Kier alpha value is -2.42. The molecule has 2 aromatic heterocycles. The largest absolute Gasteiger partial charge is 0.356 e. The molecule has 1 aliphatic rings. The van der Waals surface area contributed by atoms with Crippen LogP contribution in [0.2, 0.25) is 0 Å². The van der Waals surface area contributed by atoms with Gasteiger partial charge in [-0.05, 0) is 36.1 Å². The molecule has 1 aliphatic carbocycles. The lowest BCUT2D eigenvalue weighted by molar-refractivity contribution is 0.645. The average Bonchev–Trinajstić information content (AvgIpc) is 3.32. The van der Waals surface area contributed by atoms with Crippen LogP contribution in [0.25, 0.3) is 5.82 Å². The molecule has 0 spiro atoms. The molecule has 7 heteroatoms. The van der Waals surface area contributed by atoms with Gasteiger partial charge in [0.25, 0.3) is 0 Å². The van der Waals surface area contributed by atoms with Gasteiger partial charge in [0.1, 0.15) is 12.1 Å². The van der Waals surface area contributed by atoms with Crippen molar-refractivity contribution in [2.45, 2.75) is 24.8 Å². The van der Waals surface area contributed by atoms with E-state index >= 15 is 0 Å². The van der Waals surface area contributed by atoms with Gasteiger partial charge in [0, 0.05) is 44.1 Å². The van der Waals surface area contributed by atoms with Gasteiger partial charge < -0.3 is 10.6 Å². The molecular weight excluding hydrogens is 463 g/mol. The number of nitrogens with zero attached hydrogens (tertiary/aromatic N) is 4. The lowest BCUT2D eigenvalue weighted by Crippen LogP contribution is -2.40. The van der Waals surface area contributed by atoms with Gasteiger partial charge in [0.2, 0.25) is 0 Å². The van der Waals surface area contributed by atoms with Crippen molar-refractivity contribution in [3.8, 4) is 5.82 Å². The molecule has 0 saturated heterocycles. The van der Waals surface area contributed by atoms with Gasteiger partial charge in [0.15, 0.2) is 5.96 Å². The molecule has 0 amide bonds. The fraction of sp³-hybridized carbons (Fsp3) is 0.286. The molecule has 0 aliphatic heterocycles. The van der Waals surface area contributed by atoms with Crippen molar-refractivity contribution in [2.75, 3.05) is 13.6 Å². The predicted molar refractivity (Wildman–Crippen MR) is 122 cm³/mol. The highest BCUT2D eigenvalue weighted by molar-refractivity contribution is 14.0. The second kappa shape index (κ2) is 9.18. The first-order chi connectivity index (χ1) is 13.3. The Kier molecular flexibility index (Phi) is 6.66. The number of guanidine groups is 1. The van der Waals surface area contributed by atoms with E-state index in [1.165, 1.54) is 18.4 Å². The van der Waals surface area contributed by atoms with Crippen LogP contribution < -0.4 is 10.6 Å². The Morgan fingerprint density at radius 2 is 1.96 bits per heavy atom. The van der Waals surface area contributed by atoms with Crippen LogP contribution in [0.1, 0.15) is 24.0 Å². The molecule has 3 aromatic rings. The van der Waals surface area contributed by atoms with E-state index in [2.05, 4.69) is 55.9 Å². The summed E-state index contributed by atoms with van der Waals surface area (Å²) in [4.78, 5) is 12.8. The molecule has 0 atom stereocenters. The maximum absolute atomic E-state index is 4.39. The van der Waals surface area contributed by atoms with E-state index in [1.807, 2.05) is 29.1 Å². The van der Waals surface area contributed by atoms with E-state index in [0.717, 1.165) is 23.9 Å². The van der Waals surface area contributed by atoms with Gasteiger partial charge >= 0.3 is 0 Å². The van der Waals surface area contributed by atoms with Crippen molar-refractivity contribution < 1.29 is 0 Å². The van der Waals surface area contributed by atoms with Crippen LogP contribution >= 0.6 is 24.0 Å². The summed E-state index contributed by atoms with van der Waals surface area (Å²) in [6.45, 7) is 1.58. The molecule has 6 nitrogen and oxygen atoms in total. The Bertz CT molecular complexity index is 904. The zero-order chi connectivity index (χ0) is 18.5. The van der Waals surface area contributed by atoms with Crippen LogP contribution in [0.5, 0.6) is 0 Å². The third kappa shape index (κ3) is 4.70. The first-order valence-electron chi connectivity index (χ1n) is 9.22. The molecule has 0 unspecified atom stereocenters. The molecule has 2 N–H and O–H groups in total. The minimum atomic E-state index is 0. The topological polar surface area (TPSA) is 67.1 Å². The minimum absolute atomic E-state index is 0. The smallest absolute Gasteiger partial charge is 0.191 e. The van der Waals surface area contributed by atoms with Crippen molar-refractivity contribution in [1.82, 2.24) is 25.2 Å². The fourth-order valence-corrected chi connectivity index (χ4v) is 3.28. The third-order valence-electron chi connectivity index (χ3n) is 5.10.